The van der Waals surface area contributed by atoms with E-state index >= 15 is 0 Å². The average Bonchev–Trinajstić information content (AvgIpc) is 2.81. The van der Waals surface area contributed by atoms with Crippen LogP contribution in [0.2, 0.25) is 0 Å². The number of halogens is 1. The second kappa shape index (κ2) is 6.34. The van der Waals surface area contributed by atoms with Crippen molar-refractivity contribution in [1.82, 2.24) is 10.9 Å². The van der Waals surface area contributed by atoms with E-state index in [9.17, 15) is 14.3 Å². The number of carbonyl (C=O) groups excluding carboxylic acids is 1. The van der Waals surface area contributed by atoms with Crippen molar-refractivity contribution in [1.29, 1.82) is 0 Å². The predicted molar refractivity (Wildman–Crippen MR) is 80.5 cm³/mol. The van der Waals surface area contributed by atoms with Gasteiger partial charge in [-0.15, -0.1) is 0 Å². The second-order valence-corrected chi connectivity index (χ2v) is 4.77. The summed E-state index contributed by atoms with van der Waals surface area (Å²) in [7, 11) is 0. The first-order valence-electron chi connectivity index (χ1n) is 6.71. The van der Waals surface area contributed by atoms with Gasteiger partial charge in [0.1, 0.15) is 23.1 Å². The summed E-state index contributed by atoms with van der Waals surface area (Å²) in [5, 5.41) is 9.79. The van der Waals surface area contributed by atoms with Crippen LogP contribution < -0.4 is 10.9 Å². The van der Waals surface area contributed by atoms with Gasteiger partial charge in [0.2, 0.25) is 0 Å². The predicted octanol–water partition coefficient (Wildman–Crippen LogP) is 3.04. The number of phenolic OH excluding ortho intramolecular Hbond substituents is 1. The Morgan fingerprint density at radius 1 is 1.23 bits per heavy atom. The van der Waals surface area contributed by atoms with Gasteiger partial charge in [-0.05, 0) is 45.0 Å². The number of aryl methyl sites for hydroxylation is 2. The summed E-state index contributed by atoms with van der Waals surface area (Å²) in [6.07, 6.45) is 1.61. The maximum Gasteiger partial charge on any atom is 0.273 e. The number of benzene rings is 1. The van der Waals surface area contributed by atoms with Crippen molar-refractivity contribution in [3.8, 4) is 5.75 Å². The van der Waals surface area contributed by atoms with Crippen LogP contribution in [0.1, 0.15) is 34.4 Å². The van der Waals surface area contributed by atoms with Crippen LogP contribution in [0.5, 0.6) is 5.75 Å². The molecule has 0 unspecified atom stereocenters. The molecule has 22 heavy (non-hydrogen) atoms. The summed E-state index contributed by atoms with van der Waals surface area (Å²) in [5.74, 6) is 0.182. The Labute approximate surface area is 127 Å². The standard InChI is InChI=1S/C16H17FN2O3/c1-4-14(13-8-11(17)5-6-15(13)20)18-19-16(21)12-7-9(2)22-10(12)3/h4-8,18,20H,1-3H3,(H,19,21)/b14-4-. The first-order chi connectivity index (χ1) is 10.4. The number of nitrogens with one attached hydrogen (secondary N) is 2. The summed E-state index contributed by atoms with van der Waals surface area (Å²) in [4.78, 5) is 12.1. The van der Waals surface area contributed by atoms with E-state index in [1.54, 1.807) is 32.9 Å². The van der Waals surface area contributed by atoms with Crippen molar-refractivity contribution in [3.63, 3.8) is 0 Å². The van der Waals surface area contributed by atoms with E-state index in [2.05, 4.69) is 10.9 Å². The first kappa shape index (κ1) is 15.6. The summed E-state index contributed by atoms with van der Waals surface area (Å²) >= 11 is 0. The number of amides is 1. The Bertz CT molecular complexity index is 735. The van der Waals surface area contributed by atoms with E-state index in [4.69, 9.17) is 4.42 Å². The summed E-state index contributed by atoms with van der Waals surface area (Å²) in [6.45, 7) is 5.14. The Morgan fingerprint density at radius 3 is 2.55 bits per heavy atom. The van der Waals surface area contributed by atoms with Crippen LogP contribution in [0.3, 0.4) is 0 Å². The third-order valence-corrected chi connectivity index (χ3v) is 3.13. The maximum absolute atomic E-state index is 13.3. The van der Waals surface area contributed by atoms with Crippen molar-refractivity contribution in [3.05, 3.63) is 58.8 Å². The number of furan rings is 1. The molecule has 0 radical (unpaired) electrons. The van der Waals surface area contributed by atoms with E-state index in [1.807, 2.05) is 0 Å². The van der Waals surface area contributed by atoms with Gasteiger partial charge >= 0.3 is 0 Å². The molecule has 0 spiro atoms. The van der Waals surface area contributed by atoms with Gasteiger partial charge in [0, 0.05) is 5.56 Å². The number of rotatable bonds is 4. The summed E-state index contributed by atoms with van der Waals surface area (Å²) < 4.78 is 18.6. The molecule has 0 aliphatic rings. The van der Waals surface area contributed by atoms with E-state index in [0.717, 1.165) is 6.07 Å². The van der Waals surface area contributed by atoms with Gasteiger partial charge in [-0.3, -0.25) is 15.6 Å². The molecular weight excluding hydrogens is 287 g/mol. The highest BCUT2D eigenvalue weighted by Crippen LogP contribution is 2.24. The SMILES string of the molecule is C/C=C(\NNC(=O)c1cc(C)oc1C)c1cc(F)ccc1O. The molecule has 1 aromatic carbocycles. The lowest BCUT2D eigenvalue weighted by Gasteiger charge is -2.13. The molecule has 0 saturated heterocycles. The van der Waals surface area contributed by atoms with Gasteiger partial charge in [0.05, 0.1) is 11.3 Å². The molecule has 5 nitrogen and oxygen atoms in total. The highest BCUT2D eigenvalue weighted by atomic mass is 19.1. The third kappa shape index (κ3) is 3.28. The Balaban J connectivity index is 2.13. The number of hydrogen-bond donors (Lipinski definition) is 3. The summed E-state index contributed by atoms with van der Waals surface area (Å²) in [6, 6.07) is 5.21. The molecule has 3 N–H and O–H groups in total. The molecule has 0 atom stereocenters. The number of hydrogen-bond acceptors (Lipinski definition) is 4. The maximum atomic E-state index is 13.3. The lowest BCUT2D eigenvalue weighted by Crippen LogP contribution is -2.36. The fourth-order valence-electron chi connectivity index (χ4n) is 2.07. The van der Waals surface area contributed by atoms with Crippen molar-refractivity contribution in [2.24, 2.45) is 0 Å². The molecule has 2 aromatic rings. The number of carbonyl (C=O) groups is 1. The van der Waals surface area contributed by atoms with Gasteiger partial charge in [-0.25, -0.2) is 4.39 Å². The van der Waals surface area contributed by atoms with Crippen LogP contribution >= 0.6 is 0 Å². The van der Waals surface area contributed by atoms with Crippen LogP contribution in [-0.2, 0) is 0 Å². The highest BCUT2D eigenvalue weighted by molar-refractivity contribution is 5.95. The molecule has 0 aliphatic heterocycles. The Kier molecular flexibility index (Phi) is 4.50. The van der Waals surface area contributed by atoms with Crippen LogP contribution in [0.15, 0.2) is 34.8 Å². The van der Waals surface area contributed by atoms with Crippen molar-refractivity contribution in [2.75, 3.05) is 0 Å². The van der Waals surface area contributed by atoms with Gasteiger partial charge in [-0.2, -0.15) is 0 Å². The minimum Gasteiger partial charge on any atom is -0.507 e. The topological polar surface area (TPSA) is 74.5 Å². The van der Waals surface area contributed by atoms with Crippen molar-refractivity contribution in [2.45, 2.75) is 20.8 Å². The molecule has 1 aromatic heterocycles. The van der Waals surface area contributed by atoms with Gasteiger partial charge < -0.3 is 9.52 Å². The normalized spacial score (nSPS) is 11.4. The molecule has 0 fully saturated rings. The van der Waals surface area contributed by atoms with Gasteiger partial charge in [0.15, 0.2) is 0 Å². The van der Waals surface area contributed by atoms with Crippen LogP contribution in [0.25, 0.3) is 5.70 Å². The van der Waals surface area contributed by atoms with E-state index in [1.165, 1.54) is 12.1 Å². The van der Waals surface area contributed by atoms with E-state index in [-0.39, 0.29) is 17.2 Å². The zero-order valence-electron chi connectivity index (χ0n) is 12.5. The average molecular weight is 304 g/mol. The number of aromatic hydroxyl groups is 1. The number of phenols is 1. The Hall–Kier alpha value is -2.76. The molecule has 0 saturated carbocycles. The largest absolute Gasteiger partial charge is 0.507 e. The molecule has 1 amide bonds. The number of hydrazine groups is 1. The Morgan fingerprint density at radius 2 is 1.95 bits per heavy atom. The quantitative estimate of drug-likeness (QED) is 0.759. The van der Waals surface area contributed by atoms with Crippen molar-refractivity contribution < 1.29 is 18.7 Å². The molecule has 0 aliphatic carbocycles. The minimum atomic E-state index is -0.485. The zero-order valence-corrected chi connectivity index (χ0v) is 12.5. The fraction of sp³-hybridized carbons (Fsp3) is 0.188. The third-order valence-electron chi connectivity index (χ3n) is 3.13. The first-order valence-corrected chi connectivity index (χ1v) is 6.71. The molecular formula is C16H17FN2O3. The second-order valence-electron chi connectivity index (χ2n) is 4.77. The number of allylic oxidation sites excluding steroid dienone is 1. The molecule has 6 heteroatoms. The zero-order chi connectivity index (χ0) is 16.3. The van der Waals surface area contributed by atoms with Crippen molar-refractivity contribution >= 4 is 11.6 Å². The lowest BCUT2D eigenvalue weighted by molar-refractivity contribution is 0.0941. The highest BCUT2D eigenvalue weighted by Gasteiger charge is 2.14. The molecule has 2 rings (SSSR count). The van der Waals surface area contributed by atoms with Crippen LogP contribution in [0, 0.1) is 19.7 Å². The lowest BCUT2D eigenvalue weighted by atomic mass is 10.1. The van der Waals surface area contributed by atoms with E-state index in [0.29, 0.717) is 22.8 Å². The minimum absolute atomic E-state index is 0.0911. The monoisotopic (exact) mass is 304 g/mol. The molecule has 116 valence electrons. The summed E-state index contributed by atoms with van der Waals surface area (Å²) in [5.41, 5.74) is 6.22. The van der Waals surface area contributed by atoms with E-state index < -0.39 is 5.82 Å². The smallest absolute Gasteiger partial charge is 0.273 e. The van der Waals surface area contributed by atoms with Crippen LogP contribution in [0.4, 0.5) is 4.39 Å². The fourth-order valence-corrected chi connectivity index (χ4v) is 2.07. The van der Waals surface area contributed by atoms with Crippen LogP contribution in [-0.4, -0.2) is 11.0 Å². The van der Waals surface area contributed by atoms with Gasteiger partial charge in [0.25, 0.3) is 5.91 Å². The molecule has 1 heterocycles. The molecule has 0 bridgehead atoms. The van der Waals surface area contributed by atoms with Gasteiger partial charge in [-0.1, -0.05) is 6.08 Å².